The van der Waals surface area contributed by atoms with Crippen LogP contribution >= 0.6 is 11.6 Å². The Kier molecular flexibility index (Phi) is 5.39. The van der Waals surface area contributed by atoms with E-state index in [0.717, 1.165) is 22.4 Å². The van der Waals surface area contributed by atoms with Gasteiger partial charge in [0.2, 0.25) is 5.91 Å². The molecule has 1 unspecified atom stereocenters. The highest BCUT2D eigenvalue weighted by molar-refractivity contribution is 6.31. The van der Waals surface area contributed by atoms with E-state index >= 15 is 0 Å². The summed E-state index contributed by atoms with van der Waals surface area (Å²) in [5.74, 6) is -0.0650. The summed E-state index contributed by atoms with van der Waals surface area (Å²) in [5, 5.41) is 0.356. The lowest BCUT2D eigenvalue weighted by molar-refractivity contribution is -0.128. The Morgan fingerprint density at radius 1 is 0.969 bits per heavy atom. The summed E-state index contributed by atoms with van der Waals surface area (Å²) >= 11 is 6.29. The normalized spacial score (nSPS) is 16.3. The quantitative estimate of drug-likeness (QED) is 0.400. The van der Waals surface area contributed by atoms with Crippen molar-refractivity contribution in [2.24, 2.45) is 0 Å². The number of amides is 1. The van der Waals surface area contributed by atoms with Crippen molar-refractivity contribution < 1.29 is 13.6 Å². The van der Waals surface area contributed by atoms with Gasteiger partial charge in [-0.15, -0.1) is 0 Å². The van der Waals surface area contributed by atoms with Crippen molar-refractivity contribution in [1.29, 1.82) is 0 Å². The molecule has 1 saturated heterocycles. The molecule has 1 amide bonds. The number of fused-ring (bicyclic) bond motifs is 1. The number of carbonyl (C=O) groups excluding carboxylic acids is 1. The van der Waals surface area contributed by atoms with E-state index in [4.69, 9.17) is 16.6 Å². The first kappa shape index (κ1) is 20.6. The van der Waals surface area contributed by atoms with Gasteiger partial charge in [0, 0.05) is 36.0 Å². The predicted octanol–water partition coefficient (Wildman–Crippen LogP) is 5.53. The number of nitrogens with zero attached hydrogens (tertiary/aromatic N) is 3. The minimum atomic E-state index is -0.373. The second kappa shape index (κ2) is 8.36. The molecule has 5 rings (SSSR count). The van der Waals surface area contributed by atoms with E-state index in [1.54, 1.807) is 29.2 Å². The maximum Gasteiger partial charge on any atom is 0.223 e. The molecule has 2 heterocycles. The molecule has 0 N–H and O–H groups in total. The molecule has 0 spiro atoms. The summed E-state index contributed by atoms with van der Waals surface area (Å²) in [6, 6.07) is 18.5. The van der Waals surface area contributed by atoms with Crippen LogP contribution in [0.1, 0.15) is 29.3 Å². The molecule has 1 aliphatic rings. The first-order valence-corrected chi connectivity index (χ1v) is 10.8. The predicted molar refractivity (Wildman–Crippen MR) is 119 cm³/mol. The second-order valence-electron chi connectivity index (χ2n) is 8.05. The van der Waals surface area contributed by atoms with Gasteiger partial charge in [-0.05, 0) is 42.0 Å². The van der Waals surface area contributed by atoms with Crippen molar-refractivity contribution in [3.63, 3.8) is 0 Å². The Labute approximate surface area is 189 Å². The molecule has 3 aromatic carbocycles. The molecule has 1 atom stereocenters. The van der Waals surface area contributed by atoms with Crippen LogP contribution in [0.5, 0.6) is 0 Å². The summed E-state index contributed by atoms with van der Waals surface area (Å²) in [7, 11) is 0. The largest absolute Gasteiger partial charge is 0.338 e. The van der Waals surface area contributed by atoms with Crippen LogP contribution in [0.4, 0.5) is 8.78 Å². The highest BCUT2D eigenvalue weighted by atomic mass is 35.5. The van der Waals surface area contributed by atoms with Gasteiger partial charge in [-0.2, -0.15) is 0 Å². The number of rotatable bonds is 5. The molecule has 7 heteroatoms. The van der Waals surface area contributed by atoms with Crippen LogP contribution in [0.15, 0.2) is 66.7 Å². The van der Waals surface area contributed by atoms with Gasteiger partial charge in [-0.1, -0.05) is 41.9 Å². The van der Waals surface area contributed by atoms with Crippen molar-refractivity contribution in [1.82, 2.24) is 14.5 Å². The van der Waals surface area contributed by atoms with Gasteiger partial charge in [-0.25, -0.2) is 13.8 Å². The number of aromatic nitrogens is 2. The van der Waals surface area contributed by atoms with Crippen LogP contribution in [0.25, 0.3) is 11.0 Å². The number of para-hydroxylation sites is 2. The number of hydrogen-bond acceptors (Lipinski definition) is 2. The second-order valence-corrected chi connectivity index (χ2v) is 8.45. The maximum atomic E-state index is 14.5. The lowest BCUT2D eigenvalue weighted by Gasteiger charge is -2.18. The zero-order valence-electron chi connectivity index (χ0n) is 17.1. The van der Waals surface area contributed by atoms with Crippen molar-refractivity contribution >= 4 is 28.5 Å². The Hall–Kier alpha value is -3.25. The zero-order valence-corrected chi connectivity index (χ0v) is 17.9. The standard InChI is InChI=1S/C25H20ClF2N3O/c26-20-4-3-5-21(28)19(20)15-31-23-7-2-1-6-22(23)29-25(31)17-12-24(32)30(14-17)13-16-8-10-18(27)11-9-16/h1-11,17H,12-15H2. The minimum Gasteiger partial charge on any atom is -0.338 e. The van der Waals surface area contributed by atoms with Crippen molar-refractivity contribution in [3.05, 3.63) is 100 Å². The molecule has 162 valence electrons. The third-order valence-corrected chi connectivity index (χ3v) is 6.28. The summed E-state index contributed by atoms with van der Waals surface area (Å²) in [4.78, 5) is 19.3. The molecule has 0 bridgehead atoms. The summed E-state index contributed by atoms with van der Waals surface area (Å²) in [6.07, 6.45) is 0.315. The fraction of sp³-hybridized carbons (Fsp3) is 0.200. The molecule has 4 aromatic rings. The van der Waals surface area contributed by atoms with Crippen LogP contribution in [-0.2, 0) is 17.9 Å². The highest BCUT2D eigenvalue weighted by Gasteiger charge is 2.34. The van der Waals surface area contributed by atoms with Gasteiger partial charge < -0.3 is 9.47 Å². The Bertz CT molecular complexity index is 1280. The van der Waals surface area contributed by atoms with E-state index in [-0.39, 0.29) is 30.0 Å². The average molecular weight is 452 g/mol. The van der Waals surface area contributed by atoms with Crippen LogP contribution in [-0.4, -0.2) is 26.9 Å². The number of halogens is 3. The number of hydrogen-bond donors (Lipinski definition) is 0. The fourth-order valence-electron chi connectivity index (χ4n) is 4.32. The smallest absolute Gasteiger partial charge is 0.223 e. The Morgan fingerprint density at radius 3 is 2.53 bits per heavy atom. The third kappa shape index (κ3) is 3.86. The number of benzene rings is 3. The number of imidazole rings is 1. The van der Waals surface area contributed by atoms with Gasteiger partial charge in [-0.3, -0.25) is 4.79 Å². The van der Waals surface area contributed by atoms with Gasteiger partial charge in [0.15, 0.2) is 0 Å². The van der Waals surface area contributed by atoms with E-state index < -0.39 is 0 Å². The van der Waals surface area contributed by atoms with Crippen molar-refractivity contribution in [2.45, 2.75) is 25.4 Å². The first-order valence-electron chi connectivity index (χ1n) is 10.4. The van der Waals surface area contributed by atoms with E-state index in [1.165, 1.54) is 18.2 Å². The molecule has 4 nitrogen and oxygen atoms in total. The van der Waals surface area contributed by atoms with Crippen LogP contribution < -0.4 is 0 Å². The highest BCUT2D eigenvalue weighted by Crippen LogP contribution is 2.33. The van der Waals surface area contributed by atoms with Crippen LogP contribution in [0, 0.1) is 11.6 Å². The first-order chi connectivity index (χ1) is 15.5. The van der Waals surface area contributed by atoms with E-state index in [2.05, 4.69) is 0 Å². The van der Waals surface area contributed by atoms with Crippen molar-refractivity contribution in [2.75, 3.05) is 6.54 Å². The maximum absolute atomic E-state index is 14.5. The number of likely N-dealkylation sites (tertiary alicyclic amines) is 1. The van der Waals surface area contributed by atoms with Crippen molar-refractivity contribution in [3.8, 4) is 0 Å². The molecule has 0 saturated carbocycles. The molecular weight excluding hydrogens is 432 g/mol. The summed E-state index contributed by atoms with van der Waals surface area (Å²) in [6.45, 7) is 1.13. The third-order valence-electron chi connectivity index (χ3n) is 5.93. The molecular formula is C25H20ClF2N3O. The Morgan fingerprint density at radius 2 is 1.75 bits per heavy atom. The lowest BCUT2D eigenvalue weighted by atomic mass is 10.1. The minimum absolute atomic E-state index is 0.0156. The summed E-state index contributed by atoms with van der Waals surface area (Å²) < 4.78 is 29.7. The van der Waals surface area contributed by atoms with Gasteiger partial charge in [0.05, 0.1) is 17.6 Å². The molecule has 1 aliphatic heterocycles. The SMILES string of the molecule is O=C1CC(c2nc3ccccc3n2Cc2c(F)cccc2Cl)CN1Cc1ccc(F)cc1. The van der Waals surface area contributed by atoms with E-state index in [1.807, 2.05) is 28.8 Å². The summed E-state index contributed by atoms with van der Waals surface area (Å²) in [5.41, 5.74) is 2.92. The molecule has 1 aromatic heterocycles. The van der Waals surface area contributed by atoms with E-state index in [9.17, 15) is 13.6 Å². The fourth-order valence-corrected chi connectivity index (χ4v) is 4.54. The lowest BCUT2D eigenvalue weighted by Crippen LogP contribution is -2.24. The van der Waals surface area contributed by atoms with Gasteiger partial charge >= 0.3 is 0 Å². The molecule has 0 radical (unpaired) electrons. The molecule has 0 aliphatic carbocycles. The van der Waals surface area contributed by atoms with Gasteiger partial charge in [0.25, 0.3) is 0 Å². The zero-order chi connectivity index (χ0) is 22.2. The molecule has 1 fully saturated rings. The van der Waals surface area contributed by atoms with Crippen LogP contribution in [0.3, 0.4) is 0 Å². The van der Waals surface area contributed by atoms with Gasteiger partial charge in [0.1, 0.15) is 17.5 Å². The molecule has 32 heavy (non-hydrogen) atoms. The number of carbonyl (C=O) groups is 1. The topological polar surface area (TPSA) is 38.1 Å². The monoisotopic (exact) mass is 451 g/mol. The Balaban J connectivity index is 1.48. The van der Waals surface area contributed by atoms with E-state index in [0.29, 0.717) is 30.1 Å². The average Bonchev–Trinajstić information content (AvgIpc) is 3.33. The van der Waals surface area contributed by atoms with Crippen LogP contribution in [0.2, 0.25) is 5.02 Å².